The smallest absolute Gasteiger partial charge is 0.224 e. The molecule has 0 spiro atoms. The Balaban J connectivity index is 2.00. The van der Waals surface area contributed by atoms with Crippen molar-refractivity contribution in [3.8, 4) is 28.8 Å². The number of nitriles is 1. The summed E-state index contributed by atoms with van der Waals surface area (Å²) in [5.74, 6) is 2.51. The highest BCUT2D eigenvalue weighted by molar-refractivity contribution is 5.72. The Morgan fingerprint density at radius 3 is 2.40 bits per heavy atom. The largest absolute Gasteiger partial charge is 0.438 e. The molecule has 1 aromatic heterocycles. The fourth-order valence-corrected chi connectivity index (χ4v) is 3.33. The second-order valence-corrected chi connectivity index (χ2v) is 6.94. The summed E-state index contributed by atoms with van der Waals surface area (Å²) in [5, 5.41) is 9.36. The molecule has 0 saturated carbocycles. The maximum Gasteiger partial charge on any atom is 0.224 e. The normalized spacial score (nSPS) is 10.5. The monoisotopic (exact) mass is 401 g/mol. The van der Waals surface area contributed by atoms with E-state index in [4.69, 9.17) is 10.5 Å². The van der Waals surface area contributed by atoms with Crippen molar-refractivity contribution in [2.45, 2.75) is 27.2 Å². The maximum atomic E-state index is 9.36. The molecule has 2 N–H and O–H groups in total. The number of hydrogen-bond donors (Lipinski definition) is 1. The van der Waals surface area contributed by atoms with Crippen LogP contribution in [0.3, 0.4) is 0 Å². The van der Waals surface area contributed by atoms with Crippen molar-refractivity contribution in [3.05, 3.63) is 65.5 Å². The van der Waals surface area contributed by atoms with Crippen LogP contribution in [0.25, 0.3) is 11.1 Å². The van der Waals surface area contributed by atoms with Crippen LogP contribution >= 0.6 is 0 Å². The predicted octanol–water partition coefficient (Wildman–Crippen LogP) is 4.46. The van der Waals surface area contributed by atoms with Gasteiger partial charge in [-0.15, -0.1) is 0 Å². The van der Waals surface area contributed by atoms with Crippen LogP contribution in [0.4, 0.5) is 5.82 Å². The van der Waals surface area contributed by atoms with E-state index in [9.17, 15) is 5.26 Å². The van der Waals surface area contributed by atoms with E-state index in [1.165, 1.54) is 5.56 Å². The third kappa shape index (κ3) is 4.94. The average molecular weight is 402 g/mol. The molecule has 0 amide bonds. The molecule has 154 valence electrons. The molecule has 0 radical (unpaired) electrons. The first-order chi connectivity index (χ1) is 14.6. The standard InChI is InChI=1S/C24H27N5O/c1-4-29(5-2)23-15-24(28-17(3)27-23)30-22-14-19(16-26)8-11-21(22)20-9-6-18(7-10-20)12-13-25/h6-11,14-15H,4-5,12-13,25H2,1-3H3. The van der Waals surface area contributed by atoms with Crippen molar-refractivity contribution in [1.82, 2.24) is 9.97 Å². The van der Waals surface area contributed by atoms with Crippen LogP contribution in [0.1, 0.15) is 30.8 Å². The van der Waals surface area contributed by atoms with Crippen LogP contribution in [0, 0.1) is 18.3 Å². The van der Waals surface area contributed by atoms with Crippen molar-refractivity contribution >= 4 is 5.82 Å². The minimum Gasteiger partial charge on any atom is -0.438 e. The number of hydrogen-bond acceptors (Lipinski definition) is 6. The lowest BCUT2D eigenvalue weighted by molar-refractivity contribution is 0.461. The van der Waals surface area contributed by atoms with Crippen molar-refractivity contribution in [3.63, 3.8) is 0 Å². The van der Waals surface area contributed by atoms with Crippen molar-refractivity contribution < 1.29 is 4.74 Å². The van der Waals surface area contributed by atoms with Gasteiger partial charge in [0, 0.05) is 24.7 Å². The Morgan fingerprint density at radius 2 is 1.77 bits per heavy atom. The molecule has 0 atom stereocenters. The zero-order valence-corrected chi connectivity index (χ0v) is 17.7. The van der Waals surface area contributed by atoms with Gasteiger partial charge in [0.15, 0.2) is 0 Å². The van der Waals surface area contributed by atoms with E-state index in [0.29, 0.717) is 29.6 Å². The highest BCUT2D eigenvalue weighted by atomic mass is 16.5. The highest BCUT2D eigenvalue weighted by Crippen LogP contribution is 2.34. The van der Waals surface area contributed by atoms with Gasteiger partial charge in [-0.25, -0.2) is 4.98 Å². The SMILES string of the molecule is CCN(CC)c1cc(Oc2cc(C#N)ccc2-c2ccc(CCN)cc2)nc(C)n1. The Hall–Kier alpha value is -3.43. The van der Waals surface area contributed by atoms with Crippen LogP contribution in [-0.2, 0) is 6.42 Å². The Kier molecular flexibility index (Phi) is 6.99. The summed E-state index contributed by atoms with van der Waals surface area (Å²) in [4.78, 5) is 11.1. The Morgan fingerprint density at radius 1 is 1.03 bits per heavy atom. The van der Waals surface area contributed by atoms with Gasteiger partial charge < -0.3 is 15.4 Å². The maximum absolute atomic E-state index is 9.36. The van der Waals surface area contributed by atoms with E-state index in [1.54, 1.807) is 12.1 Å². The molecule has 0 aliphatic rings. The average Bonchev–Trinajstić information content (AvgIpc) is 2.75. The summed E-state index contributed by atoms with van der Waals surface area (Å²) < 4.78 is 6.20. The molecule has 0 aliphatic carbocycles. The molecule has 0 saturated heterocycles. The van der Waals surface area contributed by atoms with Gasteiger partial charge in [0.1, 0.15) is 17.4 Å². The van der Waals surface area contributed by atoms with E-state index < -0.39 is 0 Å². The van der Waals surface area contributed by atoms with E-state index in [0.717, 1.165) is 36.5 Å². The summed E-state index contributed by atoms with van der Waals surface area (Å²) in [6.45, 7) is 8.33. The number of anilines is 1. The number of nitrogens with two attached hydrogens (primary N) is 1. The zero-order chi connectivity index (χ0) is 21.5. The topological polar surface area (TPSA) is 88.1 Å². The fraction of sp³-hybridized carbons (Fsp3) is 0.292. The second-order valence-electron chi connectivity index (χ2n) is 6.94. The van der Waals surface area contributed by atoms with Gasteiger partial charge >= 0.3 is 0 Å². The zero-order valence-electron chi connectivity index (χ0n) is 17.7. The van der Waals surface area contributed by atoms with Gasteiger partial charge in [-0.2, -0.15) is 10.2 Å². The number of benzene rings is 2. The lowest BCUT2D eigenvalue weighted by atomic mass is 10.0. The second kappa shape index (κ2) is 9.86. The van der Waals surface area contributed by atoms with Crippen LogP contribution < -0.4 is 15.4 Å². The summed E-state index contributed by atoms with van der Waals surface area (Å²) in [7, 11) is 0. The molecular weight excluding hydrogens is 374 g/mol. The first-order valence-corrected chi connectivity index (χ1v) is 10.2. The lowest BCUT2D eigenvalue weighted by Crippen LogP contribution is -2.23. The third-order valence-corrected chi connectivity index (χ3v) is 4.91. The van der Waals surface area contributed by atoms with Gasteiger partial charge in [-0.05, 0) is 63.1 Å². The molecule has 0 bridgehead atoms. The minimum absolute atomic E-state index is 0.459. The number of aromatic nitrogens is 2. The number of nitrogens with zero attached hydrogens (tertiary/aromatic N) is 4. The number of ether oxygens (including phenoxy) is 1. The Bertz CT molecular complexity index is 1040. The predicted molar refractivity (Wildman–Crippen MR) is 120 cm³/mol. The number of rotatable bonds is 8. The molecule has 3 aromatic rings. The Labute approximate surface area is 178 Å². The van der Waals surface area contributed by atoms with Crippen LogP contribution in [0.15, 0.2) is 48.5 Å². The van der Waals surface area contributed by atoms with E-state index in [1.807, 2.05) is 31.2 Å². The lowest BCUT2D eigenvalue weighted by Gasteiger charge is -2.20. The molecule has 0 unspecified atom stereocenters. The molecule has 0 aliphatic heterocycles. The minimum atomic E-state index is 0.459. The highest BCUT2D eigenvalue weighted by Gasteiger charge is 2.13. The van der Waals surface area contributed by atoms with Crippen LogP contribution in [0.5, 0.6) is 11.6 Å². The van der Waals surface area contributed by atoms with Crippen molar-refractivity contribution in [2.24, 2.45) is 5.73 Å². The molecule has 6 nitrogen and oxygen atoms in total. The van der Waals surface area contributed by atoms with Gasteiger partial charge in [-0.1, -0.05) is 24.3 Å². The van der Waals surface area contributed by atoms with E-state index >= 15 is 0 Å². The molecule has 2 aromatic carbocycles. The molecule has 6 heteroatoms. The van der Waals surface area contributed by atoms with Crippen LogP contribution in [0.2, 0.25) is 0 Å². The first-order valence-electron chi connectivity index (χ1n) is 10.2. The van der Waals surface area contributed by atoms with E-state index in [2.05, 4.69) is 46.9 Å². The summed E-state index contributed by atoms with van der Waals surface area (Å²) >= 11 is 0. The summed E-state index contributed by atoms with van der Waals surface area (Å²) in [6.07, 6.45) is 0.839. The molecular formula is C24H27N5O. The fourth-order valence-electron chi connectivity index (χ4n) is 3.33. The number of aryl methyl sites for hydroxylation is 1. The molecule has 1 heterocycles. The van der Waals surface area contributed by atoms with Crippen LogP contribution in [-0.4, -0.2) is 29.6 Å². The summed E-state index contributed by atoms with van der Waals surface area (Å²) in [5.41, 5.74) is 9.27. The quantitative estimate of drug-likeness (QED) is 0.599. The first kappa shape index (κ1) is 21.3. The van der Waals surface area contributed by atoms with Gasteiger partial charge in [0.25, 0.3) is 0 Å². The van der Waals surface area contributed by atoms with Gasteiger partial charge in [-0.3, -0.25) is 0 Å². The van der Waals surface area contributed by atoms with Crippen molar-refractivity contribution in [1.29, 1.82) is 5.26 Å². The molecule has 0 fully saturated rings. The molecule has 30 heavy (non-hydrogen) atoms. The third-order valence-electron chi connectivity index (χ3n) is 4.91. The van der Waals surface area contributed by atoms with Gasteiger partial charge in [0.2, 0.25) is 5.88 Å². The molecule has 3 rings (SSSR count). The van der Waals surface area contributed by atoms with Gasteiger partial charge in [0.05, 0.1) is 11.6 Å². The van der Waals surface area contributed by atoms with E-state index in [-0.39, 0.29) is 0 Å². The summed E-state index contributed by atoms with van der Waals surface area (Å²) in [6, 6.07) is 17.7. The van der Waals surface area contributed by atoms with Crippen molar-refractivity contribution in [2.75, 3.05) is 24.5 Å².